The van der Waals surface area contributed by atoms with Gasteiger partial charge in [-0.3, -0.25) is 4.79 Å². The second-order valence-corrected chi connectivity index (χ2v) is 9.67. The van der Waals surface area contributed by atoms with Gasteiger partial charge in [0.2, 0.25) is 5.91 Å². The Morgan fingerprint density at radius 3 is 2.28 bits per heavy atom. The van der Waals surface area contributed by atoms with Gasteiger partial charge in [-0.2, -0.15) is 0 Å². The lowest BCUT2D eigenvalue weighted by Crippen LogP contribution is -2.66. The van der Waals surface area contributed by atoms with E-state index in [4.69, 9.17) is 0 Å². The molecular weight excluding hydrogens is 310 g/mol. The van der Waals surface area contributed by atoms with E-state index in [0.717, 1.165) is 19.0 Å². The third-order valence-corrected chi connectivity index (χ3v) is 6.70. The average molecular weight is 341 g/mol. The number of carbonyl (C=O) groups excluding carboxylic acids is 1. The number of likely N-dealkylation sites (tertiary alicyclic amines) is 1. The molecule has 3 aliphatic rings. The molecule has 0 unspecified atom stereocenters. The van der Waals surface area contributed by atoms with Gasteiger partial charge in [0.05, 0.1) is 5.60 Å². The highest BCUT2D eigenvalue weighted by Gasteiger charge is 2.55. The molecule has 1 aromatic carbocycles. The minimum Gasteiger partial charge on any atom is -0.390 e. The van der Waals surface area contributed by atoms with Crippen LogP contribution in [0, 0.1) is 17.3 Å². The number of aliphatic hydroxyl groups is 1. The summed E-state index contributed by atoms with van der Waals surface area (Å²) in [5, 5.41) is 9.82. The van der Waals surface area contributed by atoms with Crippen molar-refractivity contribution in [2.45, 2.75) is 64.4 Å². The molecule has 0 aromatic heterocycles. The van der Waals surface area contributed by atoms with Crippen LogP contribution in [0.1, 0.15) is 63.5 Å². The zero-order valence-electron chi connectivity index (χ0n) is 15.8. The Kier molecular flexibility index (Phi) is 3.99. The van der Waals surface area contributed by atoms with Gasteiger partial charge in [-0.05, 0) is 62.0 Å². The second-order valence-electron chi connectivity index (χ2n) is 9.67. The van der Waals surface area contributed by atoms with Crippen LogP contribution in [0.15, 0.2) is 24.3 Å². The Labute approximate surface area is 151 Å². The molecule has 2 saturated carbocycles. The number of amides is 1. The van der Waals surface area contributed by atoms with Crippen molar-refractivity contribution < 1.29 is 9.90 Å². The first-order valence-electron chi connectivity index (χ1n) is 9.85. The van der Waals surface area contributed by atoms with Gasteiger partial charge in [0.25, 0.3) is 0 Å². The Morgan fingerprint density at radius 1 is 1.16 bits per heavy atom. The molecule has 136 valence electrons. The largest absolute Gasteiger partial charge is 0.390 e. The molecule has 3 nitrogen and oxygen atoms in total. The lowest BCUT2D eigenvalue weighted by atomic mass is 9.56. The molecule has 1 N–H and O–H groups in total. The Morgan fingerprint density at radius 2 is 1.76 bits per heavy atom. The van der Waals surface area contributed by atoms with Crippen molar-refractivity contribution in [1.29, 1.82) is 0 Å². The Balaban J connectivity index is 1.22. The fourth-order valence-corrected chi connectivity index (χ4v) is 5.29. The maximum absolute atomic E-state index is 12.4. The van der Waals surface area contributed by atoms with Gasteiger partial charge in [-0.25, -0.2) is 0 Å². The van der Waals surface area contributed by atoms with Crippen LogP contribution in [-0.2, 0) is 11.2 Å². The highest BCUT2D eigenvalue weighted by atomic mass is 16.3. The topological polar surface area (TPSA) is 40.5 Å². The summed E-state index contributed by atoms with van der Waals surface area (Å²) in [5.74, 6) is 1.73. The van der Waals surface area contributed by atoms with Crippen LogP contribution in [0.25, 0.3) is 0 Å². The van der Waals surface area contributed by atoms with Crippen LogP contribution in [-0.4, -0.2) is 34.6 Å². The molecule has 2 aliphatic carbocycles. The van der Waals surface area contributed by atoms with Crippen molar-refractivity contribution >= 4 is 5.91 Å². The van der Waals surface area contributed by atoms with E-state index in [1.54, 1.807) is 0 Å². The van der Waals surface area contributed by atoms with E-state index in [2.05, 4.69) is 38.1 Å². The van der Waals surface area contributed by atoms with Crippen molar-refractivity contribution in [1.82, 2.24) is 4.90 Å². The second kappa shape index (κ2) is 5.84. The fraction of sp³-hybridized carbons (Fsp3) is 0.682. The first kappa shape index (κ1) is 17.1. The maximum atomic E-state index is 12.4. The summed E-state index contributed by atoms with van der Waals surface area (Å²) in [6, 6.07) is 9.12. The minimum absolute atomic E-state index is 0.0719. The van der Waals surface area contributed by atoms with E-state index >= 15 is 0 Å². The molecule has 25 heavy (non-hydrogen) atoms. The standard InChI is InChI=1S/C22H31NO2/c1-15(2)18-6-4-16(5-7-18)8-17-9-22(10-17)13-23(14-22)20(24)19-11-21(3,25)12-19/h4-7,15,17,19,25H,8-14H2,1-3H3. The van der Waals surface area contributed by atoms with E-state index in [1.807, 2.05) is 11.8 Å². The van der Waals surface area contributed by atoms with Gasteiger partial charge in [0.1, 0.15) is 0 Å². The molecule has 0 bridgehead atoms. The number of rotatable bonds is 4. The van der Waals surface area contributed by atoms with Gasteiger partial charge in [0.15, 0.2) is 0 Å². The number of nitrogens with zero attached hydrogens (tertiary/aromatic N) is 1. The maximum Gasteiger partial charge on any atom is 0.225 e. The summed E-state index contributed by atoms with van der Waals surface area (Å²) < 4.78 is 0. The van der Waals surface area contributed by atoms with Crippen LogP contribution in [0.2, 0.25) is 0 Å². The highest BCUT2D eigenvalue weighted by Crippen LogP contribution is 2.53. The van der Waals surface area contributed by atoms with E-state index in [0.29, 0.717) is 24.2 Å². The fourth-order valence-electron chi connectivity index (χ4n) is 5.29. The summed E-state index contributed by atoms with van der Waals surface area (Å²) >= 11 is 0. The number of carbonyl (C=O) groups is 1. The first-order valence-corrected chi connectivity index (χ1v) is 9.85. The molecule has 3 fully saturated rings. The van der Waals surface area contributed by atoms with Gasteiger partial charge in [0, 0.05) is 24.4 Å². The van der Waals surface area contributed by atoms with Crippen molar-refractivity contribution in [3.05, 3.63) is 35.4 Å². The molecular formula is C22H31NO2. The summed E-state index contributed by atoms with van der Waals surface area (Å²) in [4.78, 5) is 14.4. The van der Waals surface area contributed by atoms with Crippen molar-refractivity contribution in [2.75, 3.05) is 13.1 Å². The zero-order valence-corrected chi connectivity index (χ0v) is 15.8. The summed E-state index contributed by atoms with van der Waals surface area (Å²) in [6.45, 7) is 8.21. The van der Waals surface area contributed by atoms with Crippen LogP contribution >= 0.6 is 0 Å². The lowest BCUT2D eigenvalue weighted by Gasteiger charge is -2.60. The van der Waals surface area contributed by atoms with E-state index in [1.165, 1.54) is 30.4 Å². The molecule has 0 atom stereocenters. The molecule has 1 saturated heterocycles. The molecule has 4 rings (SSSR count). The monoisotopic (exact) mass is 341 g/mol. The van der Waals surface area contributed by atoms with Crippen LogP contribution in [0.4, 0.5) is 0 Å². The SMILES string of the molecule is CC(C)c1ccc(CC2CC3(C2)CN(C(=O)C2CC(C)(O)C2)C3)cc1. The summed E-state index contributed by atoms with van der Waals surface area (Å²) in [6.07, 6.45) is 5.00. The van der Waals surface area contributed by atoms with Crippen molar-refractivity contribution in [3.63, 3.8) is 0 Å². The van der Waals surface area contributed by atoms with E-state index in [9.17, 15) is 9.90 Å². The first-order chi connectivity index (χ1) is 11.8. The summed E-state index contributed by atoms with van der Waals surface area (Å²) in [7, 11) is 0. The van der Waals surface area contributed by atoms with Crippen LogP contribution in [0.3, 0.4) is 0 Å². The summed E-state index contributed by atoms with van der Waals surface area (Å²) in [5.41, 5.74) is 2.69. The van der Waals surface area contributed by atoms with Crippen LogP contribution in [0.5, 0.6) is 0 Å². The van der Waals surface area contributed by atoms with Gasteiger partial charge >= 0.3 is 0 Å². The number of hydrogen-bond acceptors (Lipinski definition) is 2. The van der Waals surface area contributed by atoms with E-state index < -0.39 is 5.60 Å². The van der Waals surface area contributed by atoms with Crippen molar-refractivity contribution in [3.8, 4) is 0 Å². The molecule has 1 spiro atoms. The molecule has 1 aliphatic heterocycles. The molecule has 0 radical (unpaired) electrons. The highest BCUT2D eigenvalue weighted by molar-refractivity contribution is 5.81. The number of hydrogen-bond donors (Lipinski definition) is 1. The minimum atomic E-state index is -0.602. The molecule has 1 aromatic rings. The Hall–Kier alpha value is -1.35. The molecule has 1 heterocycles. The average Bonchev–Trinajstić information content (AvgIpc) is 2.45. The quantitative estimate of drug-likeness (QED) is 0.906. The smallest absolute Gasteiger partial charge is 0.225 e. The third-order valence-electron chi connectivity index (χ3n) is 6.70. The molecule has 1 amide bonds. The third kappa shape index (κ3) is 3.23. The predicted molar refractivity (Wildman–Crippen MR) is 99.3 cm³/mol. The molecule has 3 heteroatoms. The predicted octanol–water partition coefficient (Wildman–Crippen LogP) is 3.75. The van der Waals surface area contributed by atoms with Gasteiger partial charge in [-0.1, -0.05) is 38.1 Å². The van der Waals surface area contributed by atoms with E-state index in [-0.39, 0.29) is 11.8 Å². The van der Waals surface area contributed by atoms with Crippen LogP contribution < -0.4 is 0 Å². The van der Waals surface area contributed by atoms with Gasteiger partial charge < -0.3 is 10.0 Å². The normalized spacial score (nSPS) is 30.8. The lowest BCUT2D eigenvalue weighted by molar-refractivity contribution is -0.171. The van der Waals surface area contributed by atoms with Crippen molar-refractivity contribution in [2.24, 2.45) is 17.3 Å². The Bertz CT molecular complexity index is 639. The zero-order chi connectivity index (χ0) is 17.8. The van der Waals surface area contributed by atoms with Gasteiger partial charge in [-0.15, -0.1) is 0 Å². The number of benzene rings is 1.